The van der Waals surface area contributed by atoms with E-state index in [2.05, 4.69) is 9.98 Å². The molecule has 5 nitrogen and oxygen atoms in total. The molecule has 0 amide bonds. The Bertz CT molecular complexity index is 1210. The number of hydrogen-bond acceptors (Lipinski definition) is 5. The van der Waals surface area contributed by atoms with Crippen molar-refractivity contribution in [2.24, 2.45) is 9.98 Å². The zero-order valence-electron chi connectivity index (χ0n) is 15.2. The topological polar surface area (TPSA) is 78.3 Å². The summed E-state index contributed by atoms with van der Waals surface area (Å²) in [5.41, 5.74) is 3.42. The summed E-state index contributed by atoms with van der Waals surface area (Å²) in [6.45, 7) is 1.96. The average molecular weight is 370 g/mol. The van der Waals surface area contributed by atoms with Crippen molar-refractivity contribution in [1.82, 2.24) is 0 Å². The third-order valence-electron chi connectivity index (χ3n) is 4.40. The van der Waals surface area contributed by atoms with Gasteiger partial charge < -0.3 is 14.6 Å². The summed E-state index contributed by atoms with van der Waals surface area (Å²) in [5.74, 6) is 0.617. The first-order chi connectivity index (χ1) is 13.6. The van der Waals surface area contributed by atoms with Gasteiger partial charge in [0.15, 0.2) is 0 Å². The summed E-state index contributed by atoms with van der Waals surface area (Å²) in [6.07, 6.45) is 3.13. The predicted octanol–water partition coefficient (Wildman–Crippen LogP) is 5.65. The van der Waals surface area contributed by atoms with Crippen molar-refractivity contribution in [3.05, 3.63) is 83.4 Å². The molecule has 0 aliphatic heterocycles. The normalized spacial score (nSPS) is 11.8. The van der Waals surface area contributed by atoms with Gasteiger partial charge in [0.05, 0.1) is 0 Å². The Hall–Kier alpha value is -3.86. The van der Waals surface area contributed by atoms with E-state index in [1.807, 2.05) is 37.3 Å². The van der Waals surface area contributed by atoms with Crippen LogP contribution in [0.2, 0.25) is 0 Å². The number of aryl methyl sites for hydroxylation is 1. The maximum Gasteiger partial charge on any atom is 0.246 e. The second-order valence-electron chi connectivity index (χ2n) is 6.34. The molecule has 0 fully saturated rings. The number of aliphatic imine (C=N–C) groups is 2. The third kappa shape index (κ3) is 3.38. The molecule has 2 N–H and O–H groups in total. The van der Waals surface area contributed by atoms with Crippen LogP contribution in [-0.2, 0) is 0 Å². The van der Waals surface area contributed by atoms with Crippen LogP contribution in [0.4, 0.5) is 11.6 Å². The van der Waals surface area contributed by atoms with E-state index in [1.165, 1.54) is 0 Å². The van der Waals surface area contributed by atoms with E-state index in [9.17, 15) is 10.2 Å². The standard InChI is InChI=1S/C23H18N2O3/c1-15-7-6-10-18-21(24-13-16-8-2-4-11-19(16)26)23(28-22(15)18)25-14-17-9-3-5-12-20(17)27/h2-14,26-27H,1H3. The largest absolute Gasteiger partial charge is 0.507 e. The Labute approximate surface area is 161 Å². The Morgan fingerprint density at radius 1 is 0.750 bits per heavy atom. The molecule has 3 aromatic carbocycles. The molecule has 0 saturated carbocycles. The van der Waals surface area contributed by atoms with Gasteiger partial charge in [-0.05, 0) is 42.8 Å². The van der Waals surface area contributed by atoms with Crippen molar-refractivity contribution < 1.29 is 14.6 Å². The lowest BCUT2D eigenvalue weighted by Crippen LogP contribution is -1.81. The van der Waals surface area contributed by atoms with Crippen molar-refractivity contribution in [1.29, 1.82) is 0 Å². The van der Waals surface area contributed by atoms with Crippen LogP contribution < -0.4 is 0 Å². The Morgan fingerprint density at radius 3 is 2.00 bits per heavy atom. The molecule has 4 rings (SSSR count). The maximum atomic E-state index is 9.98. The summed E-state index contributed by atoms with van der Waals surface area (Å²) in [5, 5.41) is 20.8. The number of hydrogen-bond donors (Lipinski definition) is 2. The molecule has 1 aromatic heterocycles. The number of benzene rings is 3. The zero-order valence-corrected chi connectivity index (χ0v) is 15.2. The minimum Gasteiger partial charge on any atom is -0.507 e. The molecule has 0 bridgehead atoms. The van der Waals surface area contributed by atoms with E-state index in [-0.39, 0.29) is 11.5 Å². The van der Waals surface area contributed by atoms with Crippen LogP contribution in [0, 0.1) is 6.92 Å². The number of nitrogens with zero attached hydrogens (tertiary/aromatic N) is 2. The van der Waals surface area contributed by atoms with Gasteiger partial charge in [-0.3, -0.25) is 0 Å². The third-order valence-corrected chi connectivity index (χ3v) is 4.40. The van der Waals surface area contributed by atoms with Gasteiger partial charge in [-0.2, -0.15) is 0 Å². The summed E-state index contributed by atoms with van der Waals surface area (Å²) >= 11 is 0. The van der Waals surface area contributed by atoms with Crippen LogP contribution in [0.5, 0.6) is 11.5 Å². The van der Waals surface area contributed by atoms with E-state index in [1.54, 1.807) is 48.8 Å². The van der Waals surface area contributed by atoms with Gasteiger partial charge in [-0.25, -0.2) is 9.98 Å². The smallest absolute Gasteiger partial charge is 0.246 e. The predicted molar refractivity (Wildman–Crippen MR) is 112 cm³/mol. The second kappa shape index (κ2) is 7.40. The van der Waals surface area contributed by atoms with Gasteiger partial charge in [0.2, 0.25) is 5.88 Å². The fraction of sp³-hybridized carbons (Fsp3) is 0.0435. The molecule has 1 heterocycles. The molecule has 0 atom stereocenters. The van der Waals surface area contributed by atoms with Crippen LogP contribution in [0.25, 0.3) is 11.0 Å². The minimum atomic E-state index is 0.137. The van der Waals surface area contributed by atoms with E-state index < -0.39 is 0 Å². The molecule has 0 unspecified atom stereocenters. The summed E-state index contributed by atoms with van der Waals surface area (Å²) < 4.78 is 5.95. The highest BCUT2D eigenvalue weighted by atomic mass is 16.3. The minimum absolute atomic E-state index is 0.137. The number of para-hydroxylation sites is 3. The molecule has 0 saturated heterocycles. The van der Waals surface area contributed by atoms with Crippen LogP contribution >= 0.6 is 0 Å². The number of aromatic hydroxyl groups is 2. The lowest BCUT2D eigenvalue weighted by atomic mass is 10.1. The van der Waals surface area contributed by atoms with Crippen LogP contribution in [0.15, 0.2) is 81.1 Å². The average Bonchev–Trinajstić information content (AvgIpc) is 3.06. The molecule has 0 aliphatic rings. The first-order valence-corrected chi connectivity index (χ1v) is 8.80. The monoisotopic (exact) mass is 370 g/mol. The first-order valence-electron chi connectivity index (χ1n) is 8.80. The highest BCUT2D eigenvalue weighted by Gasteiger charge is 2.14. The molecule has 138 valence electrons. The van der Waals surface area contributed by atoms with Crippen molar-refractivity contribution in [3.63, 3.8) is 0 Å². The molecule has 0 aliphatic carbocycles. The van der Waals surface area contributed by atoms with Crippen molar-refractivity contribution >= 4 is 35.0 Å². The van der Waals surface area contributed by atoms with Gasteiger partial charge in [-0.1, -0.05) is 36.4 Å². The lowest BCUT2D eigenvalue weighted by Gasteiger charge is -1.98. The Morgan fingerprint density at radius 2 is 1.36 bits per heavy atom. The van der Waals surface area contributed by atoms with E-state index in [0.29, 0.717) is 28.3 Å². The second-order valence-corrected chi connectivity index (χ2v) is 6.34. The molecular formula is C23H18N2O3. The molecular weight excluding hydrogens is 352 g/mol. The van der Waals surface area contributed by atoms with Crippen molar-refractivity contribution in [3.8, 4) is 11.5 Å². The van der Waals surface area contributed by atoms with Gasteiger partial charge in [0.1, 0.15) is 22.8 Å². The number of phenols is 2. The van der Waals surface area contributed by atoms with Crippen LogP contribution in [0.3, 0.4) is 0 Å². The molecule has 0 spiro atoms. The Kier molecular flexibility index (Phi) is 4.64. The number of rotatable bonds is 4. The summed E-state index contributed by atoms with van der Waals surface area (Å²) in [7, 11) is 0. The van der Waals surface area contributed by atoms with Gasteiger partial charge in [0.25, 0.3) is 0 Å². The zero-order chi connectivity index (χ0) is 19.5. The maximum absolute atomic E-state index is 9.98. The number of fused-ring (bicyclic) bond motifs is 1. The molecule has 4 aromatic rings. The molecule has 28 heavy (non-hydrogen) atoms. The SMILES string of the molecule is Cc1cccc2c(N=Cc3ccccc3O)c(N=Cc3ccccc3O)oc12. The molecule has 0 radical (unpaired) electrons. The molecule has 5 heteroatoms. The van der Waals surface area contributed by atoms with Crippen LogP contribution in [0.1, 0.15) is 16.7 Å². The quantitative estimate of drug-likeness (QED) is 0.455. The summed E-state index contributed by atoms with van der Waals surface area (Å²) in [6, 6.07) is 19.7. The van der Waals surface area contributed by atoms with E-state index in [4.69, 9.17) is 4.42 Å². The number of furan rings is 1. The van der Waals surface area contributed by atoms with Crippen molar-refractivity contribution in [2.75, 3.05) is 0 Å². The van der Waals surface area contributed by atoms with E-state index >= 15 is 0 Å². The van der Waals surface area contributed by atoms with Gasteiger partial charge in [-0.15, -0.1) is 0 Å². The Balaban J connectivity index is 1.82. The van der Waals surface area contributed by atoms with E-state index in [0.717, 1.165) is 10.9 Å². The van der Waals surface area contributed by atoms with Gasteiger partial charge in [0, 0.05) is 28.9 Å². The first kappa shape index (κ1) is 17.5. The van der Waals surface area contributed by atoms with Gasteiger partial charge >= 0.3 is 0 Å². The fourth-order valence-electron chi connectivity index (χ4n) is 2.90. The highest BCUT2D eigenvalue weighted by molar-refractivity contribution is 6.00. The lowest BCUT2D eigenvalue weighted by molar-refractivity contribution is 0.474. The van der Waals surface area contributed by atoms with Crippen molar-refractivity contribution in [2.45, 2.75) is 6.92 Å². The van der Waals surface area contributed by atoms with Crippen LogP contribution in [-0.4, -0.2) is 22.6 Å². The summed E-state index contributed by atoms with van der Waals surface area (Å²) in [4.78, 5) is 8.97. The highest BCUT2D eigenvalue weighted by Crippen LogP contribution is 2.40. The number of phenolic OH excluding ortho intramolecular Hbond substituents is 2. The fourth-order valence-corrected chi connectivity index (χ4v) is 2.90.